The zero-order valence-electron chi connectivity index (χ0n) is 20.9. The van der Waals surface area contributed by atoms with E-state index in [0.29, 0.717) is 29.0 Å². The van der Waals surface area contributed by atoms with Crippen LogP contribution in [0.15, 0.2) is 66.5 Å². The van der Waals surface area contributed by atoms with Crippen LogP contribution >= 0.6 is 11.6 Å². The van der Waals surface area contributed by atoms with E-state index in [9.17, 15) is 19.5 Å². The summed E-state index contributed by atoms with van der Waals surface area (Å²) in [4.78, 5) is 44.4. The Kier molecular flexibility index (Phi) is 7.97. The van der Waals surface area contributed by atoms with Gasteiger partial charge in [0.25, 0.3) is 11.7 Å². The van der Waals surface area contributed by atoms with Crippen molar-refractivity contribution in [2.75, 3.05) is 25.7 Å². The van der Waals surface area contributed by atoms with Crippen LogP contribution in [-0.2, 0) is 14.3 Å². The number of carbonyl (C=O) groups is 3. The molecule has 4 rings (SSSR count). The van der Waals surface area contributed by atoms with Gasteiger partial charge in [-0.3, -0.25) is 19.5 Å². The number of anilines is 1. The molecule has 9 nitrogen and oxygen atoms in total. The van der Waals surface area contributed by atoms with Gasteiger partial charge in [0, 0.05) is 24.1 Å². The number of carbonyl (C=O) groups excluding carboxylic acids is 3. The summed E-state index contributed by atoms with van der Waals surface area (Å²) in [7, 11) is 2.83. The average Bonchev–Trinajstić information content (AvgIpc) is 3.21. The van der Waals surface area contributed by atoms with Crippen LogP contribution in [0.25, 0.3) is 5.76 Å². The SMILES string of the molecule is CCCOC(=O)c1ccc(N2C(=O)C(=O)/C(=C(/O)c3cc(Cl)c(OC)cc3OC)C2c2cccnc2)cc1. The highest BCUT2D eigenvalue weighted by Gasteiger charge is 2.47. The van der Waals surface area contributed by atoms with Gasteiger partial charge in [-0.05, 0) is 48.4 Å². The highest BCUT2D eigenvalue weighted by molar-refractivity contribution is 6.51. The molecule has 1 saturated heterocycles. The standard InChI is InChI=1S/C28H25ClN2O7/c1-4-12-38-28(35)16-7-9-18(10-8-16)31-24(17-6-5-11-30-15-17)23(26(33)27(31)34)25(32)19-13-20(29)22(37-3)14-21(19)36-2/h5-11,13-15,24,32H,4,12H2,1-3H3/b25-23+. The van der Waals surface area contributed by atoms with Crippen LogP contribution in [0.4, 0.5) is 5.69 Å². The van der Waals surface area contributed by atoms with Crippen LogP contribution in [0.3, 0.4) is 0 Å². The van der Waals surface area contributed by atoms with Crippen molar-refractivity contribution in [1.29, 1.82) is 0 Å². The van der Waals surface area contributed by atoms with E-state index in [-0.39, 0.29) is 28.5 Å². The third kappa shape index (κ3) is 4.92. The Hall–Kier alpha value is -4.37. The lowest BCUT2D eigenvalue weighted by Crippen LogP contribution is -2.29. The Labute approximate surface area is 224 Å². The number of hydrogen-bond donors (Lipinski definition) is 1. The van der Waals surface area contributed by atoms with Gasteiger partial charge in [0.15, 0.2) is 0 Å². The minimum Gasteiger partial charge on any atom is -0.507 e. The molecular weight excluding hydrogens is 512 g/mol. The minimum absolute atomic E-state index is 0.110. The third-order valence-electron chi connectivity index (χ3n) is 5.99. The Balaban J connectivity index is 1.86. The molecule has 1 atom stereocenters. The van der Waals surface area contributed by atoms with E-state index in [1.165, 1.54) is 49.6 Å². The molecule has 1 aliphatic heterocycles. The second kappa shape index (κ2) is 11.4. The van der Waals surface area contributed by atoms with Crippen LogP contribution in [0.2, 0.25) is 5.02 Å². The molecule has 0 saturated carbocycles. The highest BCUT2D eigenvalue weighted by Crippen LogP contribution is 2.44. The maximum atomic E-state index is 13.4. The van der Waals surface area contributed by atoms with Crippen LogP contribution < -0.4 is 14.4 Å². The highest BCUT2D eigenvalue weighted by atomic mass is 35.5. The molecule has 38 heavy (non-hydrogen) atoms. The maximum Gasteiger partial charge on any atom is 0.338 e. The summed E-state index contributed by atoms with van der Waals surface area (Å²) >= 11 is 6.30. The molecule has 2 heterocycles. The fourth-order valence-electron chi connectivity index (χ4n) is 4.18. The van der Waals surface area contributed by atoms with Crippen LogP contribution in [0.1, 0.15) is 40.9 Å². The summed E-state index contributed by atoms with van der Waals surface area (Å²) in [5, 5.41) is 11.6. The topological polar surface area (TPSA) is 115 Å². The lowest BCUT2D eigenvalue weighted by molar-refractivity contribution is -0.132. The predicted molar refractivity (Wildman–Crippen MR) is 141 cm³/mol. The monoisotopic (exact) mass is 536 g/mol. The molecule has 1 fully saturated rings. The number of hydrogen-bond acceptors (Lipinski definition) is 8. The van der Waals surface area contributed by atoms with Crippen molar-refractivity contribution in [2.45, 2.75) is 19.4 Å². The van der Waals surface area contributed by atoms with Crippen molar-refractivity contribution >= 4 is 40.7 Å². The number of ether oxygens (including phenoxy) is 3. The summed E-state index contributed by atoms with van der Waals surface area (Å²) in [5.41, 5.74) is 1.06. The normalized spacial score (nSPS) is 16.4. The second-order valence-corrected chi connectivity index (χ2v) is 8.73. The van der Waals surface area contributed by atoms with E-state index in [4.69, 9.17) is 25.8 Å². The summed E-state index contributed by atoms with van der Waals surface area (Å²) in [6, 6.07) is 11.3. The molecule has 1 aromatic heterocycles. The van der Waals surface area contributed by atoms with E-state index >= 15 is 0 Å². The summed E-state index contributed by atoms with van der Waals surface area (Å²) in [5.74, 6) is -2.23. The number of rotatable bonds is 8. The van der Waals surface area contributed by atoms with Crippen LogP contribution in [-0.4, -0.2) is 48.6 Å². The number of aliphatic hydroxyl groups excluding tert-OH is 1. The van der Waals surface area contributed by atoms with Gasteiger partial charge in [-0.15, -0.1) is 0 Å². The predicted octanol–water partition coefficient (Wildman–Crippen LogP) is 4.95. The molecule has 196 valence electrons. The molecule has 1 N–H and O–H groups in total. The van der Waals surface area contributed by atoms with Crippen molar-refractivity contribution in [2.24, 2.45) is 0 Å². The molecule has 10 heteroatoms. The average molecular weight is 537 g/mol. The summed E-state index contributed by atoms with van der Waals surface area (Å²) in [6.45, 7) is 2.18. The molecular formula is C28H25ClN2O7. The summed E-state index contributed by atoms with van der Waals surface area (Å²) in [6.07, 6.45) is 3.74. The Morgan fingerprint density at radius 1 is 1.08 bits per heavy atom. The zero-order valence-corrected chi connectivity index (χ0v) is 21.7. The fourth-order valence-corrected chi connectivity index (χ4v) is 4.42. The number of methoxy groups -OCH3 is 2. The van der Waals surface area contributed by atoms with Crippen molar-refractivity contribution in [3.05, 3.63) is 88.2 Å². The fraction of sp³-hybridized carbons (Fsp3) is 0.214. The smallest absolute Gasteiger partial charge is 0.338 e. The minimum atomic E-state index is -1.02. The Bertz CT molecular complexity index is 1400. The second-order valence-electron chi connectivity index (χ2n) is 8.33. The number of amides is 1. The number of Topliss-reactive ketones (excluding diaryl/α,β-unsaturated/α-hetero) is 1. The third-order valence-corrected chi connectivity index (χ3v) is 6.29. The molecule has 0 bridgehead atoms. The molecule has 1 amide bonds. The van der Waals surface area contributed by atoms with Crippen molar-refractivity contribution < 1.29 is 33.7 Å². The maximum absolute atomic E-state index is 13.4. The van der Waals surface area contributed by atoms with Gasteiger partial charge >= 0.3 is 5.97 Å². The van der Waals surface area contributed by atoms with Crippen molar-refractivity contribution in [3.8, 4) is 11.5 Å². The Morgan fingerprint density at radius 2 is 1.79 bits per heavy atom. The number of benzene rings is 2. The lowest BCUT2D eigenvalue weighted by Gasteiger charge is -2.25. The van der Waals surface area contributed by atoms with Gasteiger partial charge in [-0.2, -0.15) is 0 Å². The van der Waals surface area contributed by atoms with Gasteiger partial charge in [-0.25, -0.2) is 4.79 Å². The summed E-state index contributed by atoms with van der Waals surface area (Å²) < 4.78 is 15.8. The number of ketones is 1. The van der Waals surface area contributed by atoms with Gasteiger partial charge in [0.2, 0.25) is 0 Å². The van der Waals surface area contributed by atoms with Gasteiger partial charge in [0.05, 0.1) is 48.6 Å². The first kappa shape index (κ1) is 26.7. The molecule has 0 spiro atoms. The van der Waals surface area contributed by atoms with E-state index < -0.39 is 29.5 Å². The Morgan fingerprint density at radius 3 is 2.39 bits per heavy atom. The van der Waals surface area contributed by atoms with Gasteiger partial charge < -0.3 is 19.3 Å². The van der Waals surface area contributed by atoms with E-state index in [2.05, 4.69) is 4.98 Å². The molecule has 0 radical (unpaired) electrons. The van der Waals surface area contributed by atoms with Crippen molar-refractivity contribution in [3.63, 3.8) is 0 Å². The van der Waals surface area contributed by atoms with Gasteiger partial charge in [-0.1, -0.05) is 24.6 Å². The quantitative estimate of drug-likeness (QED) is 0.186. The number of pyridine rings is 1. The van der Waals surface area contributed by atoms with E-state index in [0.717, 1.165) is 0 Å². The zero-order chi connectivity index (χ0) is 27.4. The van der Waals surface area contributed by atoms with E-state index in [1.54, 1.807) is 30.5 Å². The molecule has 2 aromatic carbocycles. The number of esters is 1. The van der Waals surface area contributed by atoms with Crippen molar-refractivity contribution in [1.82, 2.24) is 4.98 Å². The number of halogens is 1. The largest absolute Gasteiger partial charge is 0.507 e. The van der Waals surface area contributed by atoms with Crippen LogP contribution in [0, 0.1) is 0 Å². The van der Waals surface area contributed by atoms with E-state index in [1.807, 2.05) is 6.92 Å². The number of aromatic nitrogens is 1. The van der Waals surface area contributed by atoms with Crippen LogP contribution in [0.5, 0.6) is 11.5 Å². The number of aliphatic hydroxyl groups is 1. The number of nitrogens with zero attached hydrogens (tertiary/aromatic N) is 2. The molecule has 0 aliphatic carbocycles. The first-order valence-electron chi connectivity index (χ1n) is 11.7. The molecule has 1 aliphatic rings. The first-order valence-corrected chi connectivity index (χ1v) is 12.1. The molecule has 3 aromatic rings. The first-order chi connectivity index (χ1) is 18.3. The molecule has 1 unspecified atom stereocenters. The van der Waals surface area contributed by atoms with Gasteiger partial charge in [0.1, 0.15) is 17.3 Å². The lowest BCUT2D eigenvalue weighted by atomic mass is 9.95.